The standard InChI is InChI=1S/C25H28FN5O/c1-17-15-27-12-11-19(17)20-16-28-25(30(2)3)29-24(20)22-10-6-7-13-31(22)23(32)14-18-8-4-5-9-21(18)26/h4-5,8-9,11-12,15-16,22H,6-7,10,13-14H2,1-3H3/t22-/m1/s1. The zero-order valence-electron chi connectivity index (χ0n) is 18.8. The van der Waals surface area contributed by atoms with Crippen LogP contribution in [-0.2, 0) is 11.2 Å². The highest BCUT2D eigenvalue weighted by Crippen LogP contribution is 2.37. The van der Waals surface area contributed by atoms with Gasteiger partial charge in [-0.2, -0.15) is 0 Å². The van der Waals surface area contributed by atoms with Gasteiger partial charge in [0.05, 0.1) is 18.2 Å². The first kappa shape index (κ1) is 21.9. The van der Waals surface area contributed by atoms with Gasteiger partial charge in [0.15, 0.2) is 0 Å². The molecule has 0 spiro atoms. The van der Waals surface area contributed by atoms with Gasteiger partial charge >= 0.3 is 0 Å². The molecule has 32 heavy (non-hydrogen) atoms. The summed E-state index contributed by atoms with van der Waals surface area (Å²) in [6.07, 6.45) is 8.20. The molecule has 3 aromatic rings. The van der Waals surface area contributed by atoms with Gasteiger partial charge in [0, 0.05) is 44.8 Å². The van der Waals surface area contributed by atoms with E-state index in [2.05, 4.69) is 9.97 Å². The van der Waals surface area contributed by atoms with Crippen LogP contribution in [0, 0.1) is 12.7 Å². The van der Waals surface area contributed by atoms with Gasteiger partial charge in [-0.1, -0.05) is 18.2 Å². The van der Waals surface area contributed by atoms with E-state index in [1.165, 1.54) is 6.07 Å². The van der Waals surface area contributed by atoms with Crippen molar-refractivity contribution in [1.29, 1.82) is 0 Å². The fourth-order valence-electron chi connectivity index (χ4n) is 4.26. The minimum absolute atomic E-state index is 0.0401. The molecule has 0 unspecified atom stereocenters. The number of pyridine rings is 1. The van der Waals surface area contributed by atoms with Gasteiger partial charge in [0.2, 0.25) is 11.9 Å². The van der Waals surface area contributed by atoms with E-state index in [1.54, 1.807) is 24.4 Å². The lowest BCUT2D eigenvalue weighted by Gasteiger charge is -2.36. The van der Waals surface area contributed by atoms with Crippen LogP contribution in [0.1, 0.15) is 42.1 Å². The van der Waals surface area contributed by atoms with E-state index in [-0.39, 0.29) is 24.2 Å². The number of carbonyl (C=O) groups is 1. The van der Waals surface area contributed by atoms with Gasteiger partial charge in [0.1, 0.15) is 5.82 Å². The monoisotopic (exact) mass is 433 g/mol. The third kappa shape index (κ3) is 4.47. The smallest absolute Gasteiger partial charge is 0.227 e. The number of anilines is 1. The van der Waals surface area contributed by atoms with Crippen molar-refractivity contribution in [2.24, 2.45) is 0 Å². The third-order valence-corrected chi connectivity index (χ3v) is 5.95. The number of nitrogens with zero attached hydrogens (tertiary/aromatic N) is 5. The van der Waals surface area contributed by atoms with Crippen molar-refractivity contribution in [2.45, 2.75) is 38.6 Å². The number of halogens is 1. The number of hydrogen-bond donors (Lipinski definition) is 0. The molecule has 1 fully saturated rings. The quantitative estimate of drug-likeness (QED) is 0.599. The molecule has 1 aliphatic heterocycles. The molecule has 1 amide bonds. The highest BCUT2D eigenvalue weighted by Gasteiger charge is 2.32. The number of aromatic nitrogens is 3. The van der Waals surface area contributed by atoms with Crippen molar-refractivity contribution in [2.75, 3.05) is 25.5 Å². The Bertz CT molecular complexity index is 1120. The van der Waals surface area contributed by atoms with Crippen molar-refractivity contribution in [3.63, 3.8) is 0 Å². The van der Waals surface area contributed by atoms with Crippen LogP contribution < -0.4 is 4.90 Å². The average molecular weight is 434 g/mol. The van der Waals surface area contributed by atoms with E-state index in [0.717, 1.165) is 41.6 Å². The second-order valence-electron chi connectivity index (χ2n) is 8.42. The molecule has 6 nitrogen and oxygen atoms in total. The van der Waals surface area contributed by atoms with Crippen LogP contribution in [0.2, 0.25) is 0 Å². The van der Waals surface area contributed by atoms with Crippen LogP contribution in [0.25, 0.3) is 11.1 Å². The van der Waals surface area contributed by atoms with E-state index in [1.807, 2.05) is 49.3 Å². The first-order valence-electron chi connectivity index (χ1n) is 10.9. The Kier molecular flexibility index (Phi) is 6.44. The van der Waals surface area contributed by atoms with E-state index in [9.17, 15) is 9.18 Å². The molecule has 0 aliphatic carbocycles. The van der Waals surface area contributed by atoms with E-state index in [0.29, 0.717) is 18.1 Å². The summed E-state index contributed by atoms with van der Waals surface area (Å²) in [6.45, 7) is 2.64. The molecule has 7 heteroatoms. The van der Waals surface area contributed by atoms with Crippen molar-refractivity contribution in [3.05, 3.63) is 71.6 Å². The van der Waals surface area contributed by atoms with E-state index >= 15 is 0 Å². The molecule has 0 bridgehead atoms. The van der Waals surface area contributed by atoms with E-state index < -0.39 is 0 Å². The van der Waals surface area contributed by atoms with E-state index in [4.69, 9.17) is 4.98 Å². The van der Waals surface area contributed by atoms with Gasteiger partial charge in [-0.25, -0.2) is 14.4 Å². The molecule has 1 saturated heterocycles. The second-order valence-corrected chi connectivity index (χ2v) is 8.42. The van der Waals surface area contributed by atoms with Gasteiger partial charge in [-0.3, -0.25) is 9.78 Å². The molecule has 4 rings (SSSR count). The first-order valence-corrected chi connectivity index (χ1v) is 10.9. The molecule has 0 radical (unpaired) electrons. The molecule has 1 aliphatic rings. The Morgan fingerprint density at radius 1 is 1.16 bits per heavy atom. The number of carbonyl (C=O) groups excluding carboxylic acids is 1. The first-order chi connectivity index (χ1) is 15.5. The maximum absolute atomic E-state index is 14.2. The highest BCUT2D eigenvalue weighted by atomic mass is 19.1. The minimum Gasteiger partial charge on any atom is -0.347 e. The Labute approximate surface area is 188 Å². The third-order valence-electron chi connectivity index (χ3n) is 5.95. The maximum atomic E-state index is 14.2. The van der Waals surface area contributed by atoms with Crippen molar-refractivity contribution in [3.8, 4) is 11.1 Å². The normalized spacial score (nSPS) is 16.1. The maximum Gasteiger partial charge on any atom is 0.227 e. The molecular formula is C25H28FN5O. The highest BCUT2D eigenvalue weighted by molar-refractivity contribution is 5.80. The number of piperidine rings is 1. The SMILES string of the molecule is Cc1cnccc1-c1cnc(N(C)C)nc1[C@H]1CCCCN1C(=O)Cc1ccccc1F. The number of likely N-dealkylation sites (tertiary alicyclic amines) is 1. The molecule has 0 N–H and O–H groups in total. The number of aryl methyl sites for hydroxylation is 1. The Hall–Kier alpha value is -3.35. The molecule has 1 atom stereocenters. The summed E-state index contributed by atoms with van der Waals surface area (Å²) in [5, 5.41) is 0. The van der Waals surface area contributed by atoms with Gasteiger partial charge in [-0.15, -0.1) is 0 Å². The van der Waals surface area contributed by atoms with Gasteiger partial charge < -0.3 is 9.80 Å². The summed E-state index contributed by atoms with van der Waals surface area (Å²) in [5.74, 6) is 0.171. The van der Waals surface area contributed by atoms with Crippen LogP contribution in [0.4, 0.5) is 10.3 Å². The average Bonchev–Trinajstić information content (AvgIpc) is 2.80. The van der Waals surface area contributed by atoms with Crippen LogP contribution in [0.5, 0.6) is 0 Å². The van der Waals surface area contributed by atoms with Crippen LogP contribution >= 0.6 is 0 Å². The molecule has 2 aromatic heterocycles. The van der Waals surface area contributed by atoms with Crippen molar-refractivity contribution >= 4 is 11.9 Å². The second kappa shape index (κ2) is 9.42. The van der Waals surface area contributed by atoms with Gasteiger partial charge in [0.25, 0.3) is 0 Å². The minimum atomic E-state index is -0.348. The fraction of sp³-hybridized carbons (Fsp3) is 0.360. The van der Waals surface area contributed by atoms with Crippen LogP contribution in [0.15, 0.2) is 48.9 Å². The lowest BCUT2D eigenvalue weighted by Crippen LogP contribution is -2.40. The Balaban J connectivity index is 1.75. The zero-order chi connectivity index (χ0) is 22.7. The summed E-state index contributed by atoms with van der Waals surface area (Å²) in [7, 11) is 3.80. The molecule has 3 heterocycles. The largest absolute Gasteiger partial charge is 0.347 e. The van der Waals surface area contributed by atoms with Crippen molar-refractivity contribution in [1.82, 2.24) is 19.9 Å². The Morgan fingerprint density at radius 3 is 2.72 bits per heavy atom. The lowest BCUT2D eigenvalue weighted by atomic mass is 9.92. The van der Waals surface area contributed by atoms with Crippen molar-refractivity contribution < 1.29 is 9.18 Å². The topological polar surface area (TPSA) is 62.2 Å². The van der Waals surface area contributed by atoms with Crippen LogP contribution in [0.3, 0.4) is 0 Å². The molecule has 0 saturated carbocycles. The molecule has 166 valence electrons. The predicted octanol–water partition coefficient (Wildman–Crippen LogP) is 4.35. The summed E-state index contributed by atoms with van der Waals surface area (Å²) in [6, 6.07) is 8.24. The van der Waals surface area contributed by atoms with Gasteiger partial charge in [-0.05, 0) is 55.0 Å². The summed E-state index contributed by atoms with van der Waals surface area (Å²) in [5.41, 5.74) is 4.19. The predicted molar refractivity (Wildman–Crippen MR) is 123 cm³/mol. The number of hydrogen-bond acceptors (Lipinski definition) is 5. The number of benzene rings is 1. The summed E-state index contributed by atoms with van der Waals surface area (Å²) < 4.78 is 14.2. The molecule has 1 aromatic carbocycles. The summed E-state index contributed by atoms with van der Waals surface area (Å²) in [4.78, 5) is 30.7. The number of rotatable bonds is 5. The number of amides is 1. The summed E-state index contributed by atoms with van der Waals surface area (Å²) >= 11 is 0. The fourth-order valence-corrected chi connectivity index (χ4v) is 4.26. The Morgan fingerprint density at radius 2 is 1.97 bits per heavy atom. The molecular weight excluding hydrogens is 405 g/mol. The zero-order valence-corrected chi connectivity index (χ0v) is 18.8. The van der Waals surface area contributed by atoms with Crippen LogP contribution in [-0.4, -0.2) is 46.4 Å². The lowest BCUT2D eigenvalue weighted by molar-refractivity contribution is -0.134.